The summed E-state index contributed by atoms with van der Waals surface area (Å²) in [6, 6.07) is 6.00. The smallest absolute Gasteiger partial charge is 0.186 e. The van der Waals surface area contributed by atoms with Crippen LogP contribution in [0.25, 0.3) is 15.9 Å². The third kappa shape index (κ3) is 2.66. The number of fused-ring (bicyclic) bond motifs is 2. The fourth-order valence-corrected chi connectivity index (χ4v) is 4.11. The highest BCUT2D eigenvalue weighted by Gasteiger charge is 2.19. The second kappa shape index (κ2) is 5.92. The Morgan fingerprint density at radius 3 is 2.88 bits per heavy atom. The summed E-state index contributed by atoms with van der Waals surface area (Å²) < 4.78 is 2.91. The van der Waals surface area contributed by atoms with Gasteiger partial charge in [-0.05, 0) is 24.6 Å². The van der Waals surface area contributed by atoms with Gasteiger partial charge in [0.15, 0.2) is 10.8 Å². The number of thiazole rings is 1. The zero-order valence-corrected chi connectivity index (χ0v) is 14.3. The van der Waals surface area contributed by atoms with Crippen molar-refractivity contribution in [1.29, 1.82) is 0 Å². The summed E-state index contributed by atoms with van der Waals surface area (Å²) in [7, 11) is 0. The molecule has 1 saturated heterocycles. The Morgan fingerprint density at radius 1 is 1.00 bits per heavy atom. The minimum atomic E-state index is 0.767. The molecule has 5 heterocycles. The molecule has 5 rings (SSSR count). The van der Waals surface area contributed by atoms with Gasteiger partial charge in [0.25, 0.3) is 0 Å². The fraction of sp³-hybridized carbons (Fsp3) is 0.312. The number of aromatic nitrogens is 6. The van der Waals surface area contributed by atoms with Gasteiger partial charge in [-0.25, -0.2) is 4.98 Å². The molecule has 0 N–H and O–H groups in total. The van der Waals surface area contributed by atoms with Crippen molar-refractivity contribution < 1.29 is 0 Å². The van der Waals surface area contributed by atoms with Gasteiger partial charge in [0.2, 0.25) is 0 Å². The standard InChI is InChI=1S/C16H16N8S/c1-6-22(15-3-2-14-20-18-11-24(14)21-15)8-9-23(7-1)16-19-12-10-17-5-4-13(12)25-16/h2-5,10-11H,1,6-9H2. The highest BCUT2D eigenvalue weighted by molar-refractivity contribution is 7.22. The van der Waals surface area contributed by atoms with Crippen molar-refractivity contribution >= 4 is 38.2 Å². The van der Waals surface area contributed by atoms with Crippen LogP contribution >= 0.6 is 11.3 Å². The summed E-state index contributed by atoms with van der Waals surface area (Å²) >= 11 is 1.73. The van der Waals surface area contributed by atoms with E-state index in [0.29, 0.717) is 0 Å². The van der Waals surface area contributed by atoms with Crippen LogP contribution < -0.4 is 9.80 Å². The quantitative estimate of drug-likeness (QED) is 0.545. The van der Waals surface area contributed by atoms with E-state index in [1.807, 2.05) is 30.6 Å². The van der Waals surface area contributed by atoms with Crippen molar-refractivity contribution in [1.82, 2.24) is 29.8 Å². The van der Waals surface area contributed by atoms with Gasteiger partial charge in [-0.3, -0.25) is 4.98 Å². The van der Waals surface area contributed by atoms with Crippen molar-refractivity contribution in [2.75, 3.05) is 36.0 Å². The number of hydrogen-bond acceptors (Lipinski definition) is 8. The summed E-state index contributed by atoms with van der Waals surface area (Å²) in [6.45, 7) is 3.81. The van der Waals surface area contributed by atoms with E-state index < -0.39 is 0 Å². The van der Waals surface area contributed by atoms with Crippen LogP contribution in [-0.2, 0) is 0 Å². The number of hydrogen-bond donors (Lipinski definition) is 0. The molecule has 1 aliphatic rings. The molecule has 8 nitrogen and oxygen atoms in total. The second-order valence-corrected chi connectivity index (χ2v) is 7.00. The van der Waals surface area contributed by atoms with E-state index >= 15 is 0 Å². The fourth-order valence-electron chi connectivity index (χ4n) is 3.13. The lowest BCUT2D eigenvalue weighted by molar-refractivity contribution is 0.776. The van der Waals surface area contributed by atoms with Crippen molar-refractivity contribution in [3.8, 4) is 0 Å². The average molecular weight is 352 g/mol. The van der Waals surface area contributed by atoms with Crippen molar-refractivity contribution in [2.24, 2.45) is 0 Å². The summed E-state index contributed by atoms with van der Waals surface area (Å²) in [5, 5.41) is 13.6. The van der Waals surface area contributed by atoms with Gasteiger partial charge >= 0.3 is 0 Å². The largest absolute Gasteiger partial charge is 0.353 e. The Kier molecular flexibility index (Phi) is 3.44. The molecule has 25 heavy (non-hydrogen) atoms. The van der Waals surface area contributed by atoms with E-state index in [9.17, 15) is 0 Å². The number of pyridine rings is 1. The highest BCUT2D eigenvalue weighted by atomic mass is 32.1. The molecule has 0 radical (unpaired) electrons. The van der Waals surface area contributed by atoms with E-state index in [1.54, 1.807) is 22.2 Å². The van der Waals surface area contributed by atoms with Crippen LogP contribution in [0, 0.1) is 0 Å². The topological polar surface area (TPSA) is 75.3 Å². The Morgan fingerprint density at radius 2 is 1.92 bits per heavy atom. The maximum absolute atomic E-state index is 4.74. The van der Waals surface area contributed by atoms with E-state index in [4.69, 9.17) is 4.98 Å². The number of anilines is 2. The SMILES string of the molecule is c1cc2sc(N3CCCN(c4ccc5nncn5n4)CC3)nc2cn1. The van der Waals surface area contributed by atoms with E-state index in [2.05, 4.69) is 30.1 Å². The zero-order valence-electron chi connectivity index (χ0n) is 13.5. The summed E-state index contributed by atoms with van der Waals surface area (Å²) in [5.41, 5.74) is 1.74. The molecule has 4 aromatic rings. The molecule has 1 fully saturated rings. The van der Waals surface area contributed by atoms with Crippen LogP contribution in [-0.4, -0.2) is 56.0 Å². The third-order valence-electron chi connectivity index (χ3n) is 4.42. The minimum Gasteiger partial charge on any atom is -0.353 e. The van der Waals surface area contributed by atoms with E-state index in [1.165, 1.54) is 4.70 Å². The molecule has 0 unspecified atom stereocenters. The molecule has 126 valence electrons. The summed E-state index contributed by atoms with van der Waals surface area (Å²) in [5.74, 6) is 0.961. The van der Waals surface area contributed by atoms with Crippen LogP contribution in [0.15, 0.2) is 36.9 Å². The lowest BCUT2D eigenvalue weighted by Gasteiger charge is -2.22. The lowest BCUT2D eigenvalue weighted by Crippen LogP contribution is -2.31. The molecule has 0 spiro atoms. The van der Waals surface area contributed by atoms with Gasteiger partial charge in [0, 0.05) is 32.4 Å². The van der Waals surface area contributed by atoms with Crippen LogP contribution in [0.1, 0.15) is 6.42 Å². The van der Waals surface area contributed by atoms with Gasteiger partial charge in [0.1, 0.15) is 17.7 Å². The van der Waals surface area contributed by atoms with Crippen LogP contribution in [0.5, 0.6) is 0 Å². The first kappa shape index (κ1) is 14.5. The zero-order chi connectivity index (χ0) is 16.6. The van der Waals surface area contributed by atoms with E-state index in [-0.39, 0.29) is 0 Å². The molecular weight excluding hydrogens is 336 g/mol. The molecular formula is C16H16N8S. The first-order chi connectivity index (χ1) is 12.4. The van der Waals surface area contributed by atoms with E-state index in [0.717, 1.165) is 54.7 Å². The normalized spacial score (nSPS) is 15.8. The molecule has 0 amide bonds. The Labute approximate surface area is 147 Å². The van der Waals surface area contributed by atoms with Gasteiger partial charge in [-0.1, -0.05) is 11.3 Å². The van der Waals surface area contributed by atoms with Gasteiger partial charge in [0.05, 0.1) is 10.9 Å². The van der Waals surface area contributed by atoms with Gasteiger partial charge in [-0.15, -0.1) is 15.3 Å². The van der Waals surface area contributed by atoms with Crippen molar-refractivity contribution in [3.05, 3.63) is 36.9 Å². The third-order valence-corrected chi connectivity index (χ3v) is 5.51. The molecule has 0 saturated carbocycles. The first-order valence-electron chi connectivity index (χ1n) is 8.24. The minimum absolute atomic E-state index is 0.767. The average Bonchev–Trinajstić information content (AvgIpc) is 3.21. The molecule has 0 aromatic carbocycles. The summed E-state index contributed by atoms with van der Waals surface area (Å²) in [4.78, 5) is 13.6. The molecule has 0 aliphatic carbocycles. The molecule has 4 aromatic heterocycles. The van der Waals surface area contributed by atoms with Crippen molar-refractivity contribution in [3.63, 3.8) is 0 Å². The number of rotatable bonds is 2. The maximum Gasteiger partial charge on any atom is 0.186 e. The predicted octanol–water partition coefficient (Wildman–Crippen LogP) is 1.85. The molecule has 0 bridgehead atoms. The van der Waals surface area contributed by atoms with Crippen LogP contribution in [0.3, 0.4) is 0 Å². The molecule has 1 aliphatic heterocycles. The van der Waals surface area contributed by atoms with Gasteiger partial charge in [-0.2, -0.15) is 4.52 Å². The Hall–Kier alpha value is -2.81. The van der Waals surface area contributed by atoms with Crippen LogP contribution in [0.4, 0.5) is 10.9 Å². The van der Waals surface area contributed by atoms with Crippen LogP contribution in [0.2, 0.25) is 0 Å². The predicted molar refractivity (Wildman–Crippen MR) is 97.2 cm³/mol. The summed E-state index contributed by atoms with van der Waals surface area (Å²) in [6.07, 6.45) is 6.35. The lowest BCUT2D eigenvalue weighted by atomic mass is 10.4. The highest BCUT2D eigenvalue weighted by Crippen LogP contribution is 2.29. The second-order valence-electron chi connectivity index (χ2n) is 5.99. The van der Waals surface area contributed by atoms with Crippen molar-refractivity contribution in [2.45, 2.75) is 6.42 Å². The maximum atomic E-state index is 4.74. The molecule has 9 heteroatoms. The molecule has 0 atom stereocenters. The Bertz CT molecular complexity index is 982. The van der Waals surface area contributed by atoms with Gasteiger partial charge < -0.3 is 9.80 Å². The number of nitrogens with zero attached hydrogens (tertiary/aromatic N) is 8. The Balaban J connectivity index is 1.37. The monoisotopic (exact) mass is 352 g/mol. The first-order valence-corrected chi connectivity index (χ1v) is 9.06.